The minimum atomic E-state index is -0.0213. The molecule has 100 valence electrons. The highest BCUT2D eigenvalue weighted by atomic mass is 35.5. The van der Waals surface area contributed by atoms with Crippen molar-refractivity contribution in [2.45, 2.75) is 20.0 Å². The molecule has 0 radical (unpaired) electrons. The summed E-state index contributed by atoms with van der Waals surface area (Å²) in [7, 11) is 0. The van der Waals surface area contributed by atoms with E-state index in [0.29, 0.717) is 28.2 Å². The first kappa shape index (κ1) is 13.4. The lowest BCUT2D eigenvalue weighted by molar-refractivity contribution is 0.234. The zero-order valence-electron chi connectivity index (χ0n) is 10.6. The molecule has 0 saturated heterocycles. The van der Waals surface area contributed by atoms with Crippen LogP contribution in [0.25, 0.3) is 0 Å². The number of pyridine rings is 1. The Labute approximate surface area is 116 Å². The van der Waals surface area contributed by atoms with E-state index in [-0.39, 0.29) is 6.10 Å². The number of hydrogen-bond acceptors (Lipinski definition) is 6. The van der Waals surface area contributed by atoms with E-state index in [2.05, 4.69) is 20.3 Å². The van der Waals surface area contributed by atoms with Crippen LogP contribution in [0.1, 0.15) is 13.8 Å². The van der Waals surface area contributed by atoms with Gasteiger partial charge in [0.2, 0.25) is 5.88 Å². The van der Waals surface area contributed by atoms with Crippen molar-refractivity contribution in [2.24, 2.45) is 0 Å². The number of aromatic nitrogens is 3. The summed E-state index contributed by atoms with van der Waals surface area (Å²) < 4.78 is 5.49. The predicted molar refractivity (Wildman–Crippen MR) is 74.7 cm³/mol. The van der Waals surface area contributed by atoms with Crippen molar-refractivity contribution in [3.63, 3.8) is 0 Å². The number of nitrogen functional groups attached to an aromatic ring is 1. The van der Waals surface area contributed by atoms with E-state index in [0.717, 1.165) is 0 Å². The molecule has 0 spiro atoms. The number of nitrogens with one attached hydrogen (secondary N) is 1. The molecule has 2 aromatic heterocycles. The van der Waals surface area contributed by atoms with Crippen LogP contribution in [0.4, 0.5) is 17.2 Å². The zero-order valence-corrected chi connectivity index (χ0v) is 11.3. The maximum absolute atomic E-state index is 5.96. The van der Waals surface area contributed by atoms with Gasteiger partial charge in [-0.3, -0.25) is 0 Å². The zero-order chi connectivity index (χ0) is 13.8. The topological polar surface area (TPSA) is 86.0 Å². The molecule has 2 heterocycles. The Balaban J connectivity index is 2.28. The van der Waals surface area contributed by atoms with Gasteiger partial charge in [0, 0.05) is 6.20 Å². The maximum atomic E-state index is 5.96. The molecule has 0 atom stereocenters. The fourth-order valence-electron chi connectivity index (χ4n) is 1.40. The molecule has 7 heteroatoms. The molecule has 0 fully saturated rings. The van der Waals surface area contributed by atoms with Crippen LogP contribution in [-0.2, 0) is 0 Å². The third-order valence-electron chi connectivity index (χ3n) is 2.21. The van der Waals surface area contributed by atoms with Crippen molar-refractivity contribution in [3.05, 3.63) is 29.8 Å². The molecular formula is C12H14ClN5O. The number of halogens is 1. The lowest BCUT2D eigenvalue weighted by Crippen LogP contribution is -2.11. The Morgan fingerprint density at radius 3 is 2.79 bits per heavy atom. The van der Waals surface area contributed by atoms with Crippen molar-refractivity contribution < 1.29 is 4.74 Å². The van der Waals surface area contributed by atoms with Crippen LogP contribution < -0.4 is 15.8 Å². The lowest BCUT2D eigenvalue weighted by atomic mass is 10.4. The van der Waals surface area contributed by atoms with Gasteiger partial charge < -0.3 is 15.8 Å². The van der Waals surface area contributed by atoms with E-state index in [9.17, 15) is 0 Å². The van der Waals surface area contributed by atoms with Crippen LogP contribution in [0.5, 0.6) is 5.88 Å². The van der Waals surface area contributed by atoms with Gasteiger partial charge in [-0.25, -0.2) is 9.97 Å². The third kappa shape index (κ3) is 3.23. The molecule has 0 aromatic carbocycles. The second kappa shape index (κ2) is 5.71. The summed E-state index contributed by atoms with van der Waals surface area (Å²) in [5.41, 5.74) is 6.90. The Kier molecular flexibility index (Phi) is 4.01. The number of anilines is 3. The van der Waals surface area contributed by atoms with Crippen LogP contribution in [0.2, 0.25) is 5.15 Å². The van der Waals surface area contributed by atoms with Gasteiger partial charge in [-0.2, -0.15) is 4.98 Å². The quantitative estimate of drug-likeness (QED) is 0.837. The fourth-order valence-corrected chi connectivity index (χ4v) is 1.57. The van der Waals surface area contributed by atoms with Gasteiger partial charge in [0.25, 0.3) is 0 Å². The van der Waals surface area contributed by atoms with Crippen molar-refractivity contribution in [1.82, 2.24) is 15.0 Å². The van der Waals surface area contributed by atoms with E-state index in [1.807, 2.05) is 13.8 Å². The van der Waals surface area contributed by atoms with Gasteiger partial charge in [-0.1, -0.05) is 11.6 Å². The highest BCUT2D eigenvalue weighted by Crippen LogP contribution is 2.29. The molecule has 2 aromatic rings. The number of nitrogens with zero attached hydrogens (tertiary/aromatic N) is 3. The average molecular weight is 280 g/mol. The second-order valence-electron chi connectivity index (χ2n) is 4.07. The first-order valence-corrected chi connectivity index (χ1v) is 6.10. The van der Waals surface area contributed by atoms with Crippen LogP contribution >= 0.6 is 11.6 Å². The molecule has 2 rings (SSSR count). The van der Waals surface area contributed by atoms with Crippen LogP contribution in [0.3, 0.4) is 0 Å². The summed E-state index contributed by atoms with van der Waals surface area (Å²) in [4.78, 5) is 12.0. The summed E-state index contributed by atoms with van der Waals surface area (Å²) >= 11 is 5.96. The van der Waals surface area contributed by atoms with E-state index in [4.69, 9.17) is 22.1 Å². The minimum Gasteiger partial charge on any atom is -0.473 e. The standard InChI is InChI=1S/C12H14ClN5O/c1-7(2)19-12-9(14)11(16-6-17-12)18-8-4-3-5-15-10(8)13/h3-7H,14H2,1-2H3,(H,16,17,18). The highest BCUT2D eigenvalue weighted by Gasteiger charge is 2.12. The Hall–Kier alpha value is -2.08. The van der Waals surface area contributed by atoms with Gasteiger partial charge in [-0.15, -0.1) is 0 Å². The molecule has 0 aliphatic rings. The Bertz CT molecular complexity index is 576. The largest absolute Gasteiger partial charge is 0.473 e. The normalized spacial score (nSPS) is 10.5. The molecule has 6 nitrogen and oxygen atoms in total. The summed E-state index contributed by atoms with van der Waals surface area (Å²) in [6.45, 7) is 3.79. The highest BCUT2D eigenvalue weighted by molar-refractivity contribution is 6.32. The lowest BCUT2D eigenvalue weighted by Gasteiger charge is -2.13. The van der Waals surface area contributed by atoms with Gasteiger partial charge in [0.1, 0.15) is 12.0 Å². The van der Waals surface area contributed by atoms with Crippen molar-refractivity contribution in [1.29, 1.82) is 0 Å². The van der Waals surface area contributed by atoms with E-state index in [1.54, 1.807) is 18.3 Å². The average Bonchev–Trinajstić information content (AvgIpc) is 2.36. The Morgan fingerprint density at radius 2 is 2.11 bits per heavy atom. The number of rotatable bonds is 4. The molecule has 3 N–H and O–H groups in total. The minimum absolute atomic E-state index is 0.0213. The van der Waals surface area contributed by atoms with Crippen LogP contribution in [0, 0.1) is 0 Å². The first-order chi connectivity index (χ1) is 9.08. The van der Waals surface area contributed by atoms with E-state index >= 15 is 0 Å². The summed E-state index contributed by atoms with van der Waals surface area (Å²) in [5.74, 6) is 0.771. The molecule has 0 aliphatic heterocycles. The molecule has 0 saturated carbocycles. The smallest absolute Gasteiger partial charge is 0.242 e. The summed E-state index contributed by atoms with van der Waals surface area (Å²) in [5, 5.41) is 3.34. The SMILES string of the molecule is CC(C)Oc1ncnc(Nc2cccnc2Cl)c1N. The number of nitrogens with two attached hydrogens (primary N) is 1. The molecule has 0 bridgehead atoms. The summed E-state index contributed by atoms with van der Waals surface area (Å²) in [6.07, 6.45) is 2.96. The van der Waals surface area contributed by atoms with E-state index in [1.165, 1.54) is 6.33 Å². The van der Waals surface area contributed by atoms with Crippen LogP contribution in [-0.4, -0.2) is 21.1 Å². The Morgan fingerprint density at radius 1 is 1.32 bits per heavy atom. The molecule has 0 amide bonds. The van der Waals surface area contributed by atoms with E-state index < -0.39 is 0 Å². The van der Waals surface area contributed by atoms with Gasteiger partial charge in [0.05, 0.1) is 11.8 Å². The first-order valence-electron chi connectivity index (χ1n) is 5.72. The molecule has 19 heavy (non-hydrogen) atoms. The predicted octanol–water partition coefficient (Wildman–Crippen LogP) is 2.64. The van der Waals surface area contributed by atoms with Crippen molar-refractivity contribution in [3.8, 4) is 5.88 Å². The molecule has 0 unspecified atom stereocenters. The van der Waals surface area contributed by atoms with Crippen LogP contribution in [0.15, 0.2) is 24.7 Å². The summed E-state index contributed by atoms with van der Waals surface area (Å²) in [6, 6.07) is 3.54. The monoisotopic (exact) mass is 279 g/mol. The third-order valence-corrected chi connectivity index (χ3v) is 2.51. The maximum Gasteiger partial charge on any atom is 0.242 e. The van der Waals surface area contributed by atoms with Crippen molar-refractivity contribution in [2.75, 3.05) is 11.1 Å². The molecule has 0 aliphatic carbocycles. The second-order valence-corrected chi connectivity index (χ2v) is 4.43. The van der Waals surface area contributed by atoms with Gasteiger partial charge >= 0.3 is 0 Å². The van der Waals surface area contributed by atoms with Crippen molar-refractivity contribution >= 4 is 28.8 Å². The van der Waals surface area contributed by atoms with Gasteiger partial charge in [-0.05, 0) is 26.0 Å². The van der Waals surface area contributed by atoms with Gasteiger partial charge in [0.15, 0.2) is 11.0 Å². The molecular weight excluding hydrogens is 266 g/mol. The fraction of sp³-hybridized carbons (Fsp3) is 0.250. The number of ether oxygens (including phenoxy) is 1. The number of hydrogen-bond donors (Lipinski definition) is 2.